The second kappa shape index (κ2) is 6.86. The number of amides is 1. The van der Waals surface area contributed by atoms with E-state index in [9.17, 15) is 4.79 Å². The maximum Gasteiger partial charge on any atom is 0.223 e. The molecule has 0 aromatic heterocycles. The SMILES string of the molecule is Cc1ccc(CCC(=O)N2CC(CO)OCC2C)cc1. The highest BCUT2D eigenvalue weighted by Crippen LogP contribution is 2.14. The summed E-state index contributed by atoms with van der Waals surface area (Å²) in [7, 11) is 0. The van der Waals surface area contributed by atoms with Crippen LogP contribution in [-0.2, 0) is 16.0 Å². The molecule has 2 unspecified atom stereocenters. The molecule has 1 aliphatic rings. The number of nitrogens with zero attached hydrogens (tertiary/aromatic N) is 1. The fourth-order valence-corrected chi connectivity index (χ4v) is 2.43. The smallest absolute Gasteiger partial charge is 0.223 e. The van der Waals surface area contributed by atoms with Gasteiger partial charge in [-0.25, -0.2) is 0 Å². The third-order valence-electron chi connectivity index (χ3n) is 3.78. The summed E-state index contributed by atoms with van der Waals surface area (Å²) in [5, 5.41) is 9.15. The van der Waals surface area contributed by atoms with E-state index in [-0.39, 0.29) is 24.7 Å². The van der Waals surface area contributed by atoms with Gasteiger partial charge in [0.05, 0.1) is 25.4 Å². The zero-order valence-electron chi connectivity index (χ0n) is 12.2. The minimum Gasteiger partial charge on any atom is -0.394 e. The Morgan fingerprint density at radius 1 is 1.40 bits per heavy atom. The lowest BCUT2D eigenvalue weighted by Crippen LogP contribution is -2.52. The van der Waals surface area contributed by atoms with Crippen LogP contribution < -0.4 is 0 Å². The molecule has 20 heavy (non-hydrogen) atoms. The predicted octanol–water partition coefficient (Wildman–Crippen LogP) is 1.54. The van der Waals surface area contributed by atoms with Crippen LogP contribution in [0.2, 0.25) is 0 Å². The average Bonchev–Trinajstić information content (AvgIpc) is 2.47. The number of rotatable bonds is 4. The van der Waals surface area contributed by atoms with Crippen molar-refractivity contribution in [1.82, 2.24) is 4.90 Å². The predicted molar refractivity (Wildman–Crippen MR) is 77.5 cm³/mol. The fraction of sp³-hybridized carbons (Fsp3) is 0.562. The second-order valence-corrected chi connectivity index (χ2v) is 5.52. The number of aryl methyl sites for hydroxylation is 2. The van der Waals surface area contributed by atoms with Crippen molar-refractivity contribution in [2.45, 2.75) is 38.8 Å². The Hall–Kier alpha value is -1.39. The summed E-state index contributed by atoms with van der Waals surface area (Å²) in [5.41, 5.74) is 2.41. The normalized spacial score (nSPS) is 22.9. The van der Waals surface area contributed by atoms with Gasteiger partial charge in [-0.3, -0.25) is 4.79 Å². The lowest BCUT2D eigenvalue weighted by atomic mass is 10.1. The molecule has 0 spiro atoms. The van der Waals surface area contributed by atoms with Crippen molar-refractivity contribution < 1.29 is 14.6 Å². The van der Waals surface area contributed by atoms with Gasteiger partial charge in [0.25, 0.3) is 0 Å². The summed E-state index contributed by atoms with van der Waals surface area (Å²) < 4.78 is 5.45. The third-order valence-corrected chi connectivity index (χ3v) is 3.78. The van der Waals surface area contributed by atoms with E-state index in [1.54, 1.807) is 0 Å². The molecule has 2 rings (SSSR count). The number of hydrogen-bond acceptors (Lipinski definition) is 3. The zero-order chi connectivity index (χ0) is 14.5. The summed E-state index contributed by atoms with van der Waals surface area (Å²) in [6.07, 6.45) is 1.02. The van der Waals surface area contributed by atoms with Gasteiger partial charge in [0.1, 0.15) is 0 Å². The van der Waals surface area contributed by atoms with Gasteiger partial charge in [-0.2, -0.15) is 0 Å². The maximum atomic E-state index is 12.3. The van der Waals surface area contributed by atoms with Gasteiger partial charge in [-0.05, 0) is 25.8 Å². The van der Waals surface area contributed by atoms with E-state index >= 15 is 0 Å². The summed E-state index contributed by atoms with van der Waals surface area (Å²) in [4.78, 5) is 14.1. The molecule has 0 aliphatic carbocycles. The molecule has 4 nitrogen and oxygen atoms in total. The van der Waals surface area contributed by atoms with Crippen molar-refractivity contribution in [2.24, 2.45) is 0 Å². The fourth-order valence-electron chi connectivity index (χ4n) is 2.43. The molecule has 4 heteroatoms. The van der Waals surface area contributed by atoms with Gasteiger partial charge >= 0.3 is 0 Å². The van der Waals surface area contributed by atoms with E-state index in [0.717, 1.165) is 6.42 Å². The summed E-state index contributed by atoms with van der Waals surface area (Å²) in [6, 6.07) is 8.37. The van der Waals surface area contributed by atoms with E-state index < -0.39 is 0 Å². The van der Waals surface area contributed by atoms with Crippen molar-refractivity contribution >= 4 is 5.91 Å². The summed E-state index contributed by atoms with van der Waals surface area (Å²) >= 11 is 0. The number of aliphatic hydroxyl groups excluding tert-OH is 1. The highest BCUT2D eigenvalue weighted by molar-refractivity contribution is 5.77. The van der Waals surface area contributed by atoms with Gasteiger partial charge in [0, 0.05) is 13.0 Å². The van der Waals surface area contributed by atoms with Crippen LogP contribution in [0.3, 0.4) is 0 Å². The van der Waals surface area contributed by atoms with Crippen LogP contribution in [-0.4, -0.2) is 47.8 Å². The van der Waals surface area contributed by atoms with Crippen LogP contribution in [0.1, 0.15) is 24.5 Å². The van der Waals surface area contributed by atoms with Crippen molar-refractivity contribution in [3.8, 4) is 0 Å². The van der Waals surface area contributed by atoms with E-state index in [0.29, 0.717) is 19.6 Å². The van der Waals surface area contributed by atoms with Gasteiger partial charge in [0.15, 0.2) is 0 Å². The van der Waals surface area contributed by atoms with Crippen LogP contribution in [0.4, 0.5) is 0 Å². The number of carbonyl (C=O) groups is 1. The van der Waals surface area contributed by atoms with Crippen molar-refractivity contribution in [3.63, 3.8) is 0 Å². The number of carbonyl (C=O) groups excluding carboxylic acids is 1. The number of aliphatic hydroxyl groups is 1. The Morgan fingerprint density at radius 2 is 2.10 bits per heavy atom. The molecule has 1 amide bonds. The molecule has 0 bridgehead atoms. The molecule has 1 aromatic rings. The highest BCUT2D eigenvalue weighted by Gasteiger charge is 2.28. The first-order valence-corrected chi connectivity index (χ1v) is 7.17. The lowest BCUT2D eigenvalue weighted by molar-refractivity contribution is -0.146. The third kappa shape index (κ3) is 3.81. The largest absolute Gasteiger partial charge is 0.394 e. The van der Waals surface area contributed by atoms with E-state index in [2.05, 4.69) is 31.2 Å². The van der Waals surface area contributed by atoms with Gasteiger partial charge in [0.2, 0.25) is 5.91 Å². The summed E-state index contributed by atoms with van der Waals surface area (Å²) in [5.74, 6) is 0.139. The van der Waals surface area contributed by atoms with Gasteiger partial charge in [-0.1, -0.05) is 29.8 Å². The zero-order valence-corrected chi connectivity index (χ0v) is 12.2. The molecule has 1 saturated heterocycles. The minimum atomic E-state index is -0.241. The van der Waals surface area contributed by atoms with Crippen LogP contribution in [0.5, 0.6) is 0 Å². The molecular formula is C16H23NO3. The molecular weight excluding hydrogens is 254 g/mol. The van der Waals surface area contributed by atoms with Crippen molar-refractivity contribution in [2.75, 3.05) is 19.8 Å². The Morgan fingerprint density at radius 3 is 2.75 bits per heavy atom. The van der Waals surface area contributed by atoms with Crippen LogP contribution in [0.25, 0.3) is 0 Å². The number of morpholine rings is 1. The van der Waals surface area contributed by atoms with Crippen molar-refractivity contribution in [1.29, 1.82) is 0 Å². The highest BCUT2D eigenvalue weighted by atomic mass is 16.5. The van der Waals surface area contributed by atoms with E-state index in [4.69, 9.17) is 9.84 Å². The molecule has 1 heterocycles. The first kappa shape index (κ1) is 15.0. The maximum absolute atomic E-state index is 12.3. The molecule has 0 saturated carbocycles. The average molecular weight is 277 g/mol. The lowest BCUT2D eigenvalue weighted by Gasteiger charge is -2.37. The summed E-state index contributed by atoms with van der Waals surface area (Å²) in [6.45, 7) is 5.00. The van der Waals surface area contributed by atoms with E-state index in [1.165, 1.54) is 11.1 Å². The first-order chi connectivity index (χ1) is 9.60. The number of hydrogen-bond donors (Lipinski definition) is 1. The molecule has 1 aromatic carbocycles. The van der Waals surface area contributed by atoms with Gasteiger partial charge < -0.3 is 14.7 Å². The Balaban J connectivity index is 1.88. The number of ether oxygens (including phenoxy) is 1. The Labute approximate surface area is 120 Å². The molecule has 1 aliphatic heterocycles. The van der Waals surface area contributed by atoms with Crippen LogP contribution >= 0.6 is 0 Å². The van der Waals surface area contributed by atoms with Crippen molar-refractivity contribution in [3.05, 3.63) is 35.4 Å². The van der Waals surface area contributed by atoms with Crippen LogP contribution in [0.15, 0.2) is 24.3 Å². The second-order valence-electron chi connectivity index (χ2n) is 5.52. The monoisotopic (exact) mass is 277 g/mol. The van der Waals surface area contributed by atoms with Crippen LogP contribution in [0, 0.1) is 6.92 Å². The minimum absolute atomic E-state index is 0.0333. The molecule has 1 N–H and O–H groups in total. The Kier molecular flexibility index (Phi) is 5.15. The standard InChI is InChI=1S/C16H23NO3/c1-12-3-5-14(6-4-12)7-8-16(19)17-9-15(10-18)20-11-13(17)2/h3-6,13,15,18H,7-11H2,1-2H3. The Bertz CT molecular complexity index is 444. The molecule has 110 valence electrons. The molecule has 2 atom stereocenters. The molecule has 0 radical (unpaired) electrons. The quantitative estimate of drug-likeness (QED) is 0.908. The first-order valence-electron chi connectivity index (χ1n) is 7.17. The topological polar surface area (TPSA) is 49.8 Å². The van der Waals surface area contributed by atoms with Gasteiger partial charge in [-0.15, -0.1) is 0 Å². The van der Waals surface area contributed by atoms with E-state index in [1.807, 2.05) is 11.8 Å². The number of benzene rings is 1. The molecule has 1 fully saturated rings.